The normalized spacial score (nSPS) is 25.5. The van der Waals surface area contributed by atoms with Gasteiger partial charge in [-0.05, 0) is 30.2 Å². The molecule has 0 bridgehead atoms. The number of amides is 1. The summed E-state index contributed by atoms with van der Waals surface area (Å²) in [5, 5.41) is 6.30. The Morgan fingerprint density at radius 3 is 2.89 bits per heavy atom. The number of hydrogen-bond acceptors (Lipinski definition) is 3. The lowest BCUT2D eigenvalue weighted by Crippen LogP contribution is -2.47. The van der Waals surface area contributed by atoms with E-state index in [0.717, 1.165) is 30.4 Å². The molecule has 0 spiro atoms. The molecule has 0 aromatic heterocycles. The number of nitrogens with one attached hydrogen (secondary N) is 2. The molecular formula is C13H24IN3OS. The highest BCUT2D eigenvalue weighted by molar-refractivity contribution is 14.2. The standard InChI is InChI=1S/C13H24IN3OS/c1-4-14-12(16-9-19)8-17-7-10(2)5-6-11(15-3)13(17)18/h9-11,15H,4-8H2,1-3H3,(H,16,19). The number of nitrogens with zero attached hydrogens (tertiary/aromatic N) is 1. The molecule has 1 amide bonds. The average molecular weight is 397 g/mol. The zero-order valence-corrected chi connectivity index (χ0v) is 14.9. The second kappa shape index (κ2) is 8.97. The number of carbonyl (C=O) groups is 1. The van der Waals surface area contributed by atoms with Crippen LogP contribution in [0, 0.1) is 5.92 Å². The predicted molar refractivity (Wildman–Crippen MR) is 94.2 cm³/mol. The third kappa shape index (κ3) is 5.43. The van der Waals surface area contributed by atoms with Crippen LogP contribution >= 0.6 is 32.9 Å². The minimum Gasteiger partial charge on any atom is -0.350 e. The van der Waals surface area contributed by atoms with Crippen LogP contribution in [0.2, 0.25) is 0 Å². The van der Waals surface area contributed by atoms with Crippen LogP contribution in [0.3, 0.4) is 0 Å². The number of hydrogen-bond donors (Lipinski definition) is 2. The largest absolute Gasteiger partial charge is 0.350 e. The molecule has 0 radical (unpaired) electrons. The first kappa shape index (κ1) is 17.0. The monoisotopic (exact) mass is 397 g/mol. The van der Waals surface area contributed by atoms with E-state index in [-0.39, 0.29) is 32.7 Å². The third-order valence-corrected chi connectivity index (χ3v) is 5.73. The number of carbonyl (C=O) groups excluding carboxylic acids is 1. The Labute approximate surface area is 131 Å². The molecule has 2 atom stereocenters. The average Bonchev–Trinajstić information content (AvgIpc) is 2.51. The number of rotatable bonds is 6. The highest BCUT2D eigenvalue weighted by atomic mass is 127. The lowest BCUT2D eigenvalue weighted by Gasteiger charge is -2.26. The van der Waals surface area contributed by atoms with Gasteiger partial charge in [-0.2, -0.15) is 0 Å². The van der Waals surface area contributed by atoms with Crippen molar-refractivity contribution < 1.29 is 4.79 Å². The maximum absolute atomic E-state index is 12.5. The Hall–Kier alpha value is -0.0800. The first-order valence-corrected chi connectivity index (χ1v) is 9.81. The highest BCUT2D eigenvalue weighted by Crippen LogP contribution is 2.17. The number of thiocarbonyl (C=S) groups is 1. The molecule has 6 heteroatoms. The van der Waals surface area contributed by atoms with Crippen molar-refractivity contribution >= 4 is 48.0 Å². The fourth-order valence-electron chi connectivity index (χ4n) is 2.28. The Morgan fingerprint density at radius 1 is 1.58 bits per heavy atom. The van der Waals surface area contributed by atoms with Crippen molar-refractivity contribution in [1.82, 2.24) is 15.5 Å². The minimum atomic E-state index is -0.0400. The molecule has 1 aliphatic heterocycles. The Morgan fingerprint density at radius 2 is 2.32 bits per heavy atom. The van der Waals surface area contributed by atoms with Gasteiger partial charge in [0.15, 0.2) is 0 Å². The van der Waals surface area contributed by atoms with Gasteiger partial charge in [0.2, 0.25) is 5.91 Å². The van der Waals surface area contributed by atoms with Gasteiger partial charge < -0.3 is 15.5 Å². The summed E-state index contributed by atoms with van der Waals surface area (Å²) >= 11 is 4.84. The van der Waals surface area contributed by atoms with Gasteiger partial charge >= 0.3 is 0 Å². The fraction of sp³-hybridized carbons (Fsp3) is 0.769. The van der Waals surface area contributed by atoms with Crippen LogP contribution in [0.15, 0.2) is 0 Å². The van der Waals surface area contributed by atoms with Crippen LogP contribution in [0.5, 0.6) is 0 Å². The number of likely N-dealkylation sites (tertiary alicyclic amines) is 1. The summed E-state index contributed by atoms with van der Waals surface area (Å²) in [6, 6.07) is -0.0292. The molecule has 4 nitrogen and oxygen atoms in total. The number of alkyl halides is 1. The summed E-state index contributed by atoms with van der Waals surface area (Å²) in [4.78, 5) is 14.5. The maximum Gasteiger partial charge on any atom is 0.240 e. The van der Waals surface area contributed by atoms with E-state index in [1.54, 1.807) is 5.49 Å². The zero-order valence-electron chi connectivity index (χ0n) is 11.9. The first-order valence-electron chi connectivity index (χ1n) is 6.73. The Kier molecular flexibility index (Phi) is 8.01. The van der Waals surface area contributed by atoms with Gasteiger partial charge in [-0.25, -0.2) is 0 Å². The van der Waals surface area contributed by atoms with Crippen LogP contribution in [0.25, 0.3) is 0 Å². The Bertz CT molecular complexity index is 349. The van der Waals surface area contributed by atoms with Crippen molar-refractivity contribution in [1.29, 1.82) is 0 Å². The number of likely N-dealkylation sites (N-methyl/N-ethyl adjacent to an activating group) is 1. The summed E-state index contributed by atoms with van der Waals surface area (Å²) in [7, 11) is 1.87. The van der Waals surface area contributed by atoms with Crippen LogP contribution in [0.4, 0.5) is 0 Å². The van der Waals surface area contributed by atoms with E-state index in [4.69, 9.17) is 12.2 Å². The third-order valence-electron chi connectivity index (χ3n) is 3.28. The highest BCUT2D eigenvalue weighted by Gasteiger charge is 2.28. The molecule has 2 N–H and O–H groups in total. The van der Waals surface area contributed by atoms with Crippen molar-refractivity contribution in [3.8, 4) is 0 Å². The van der Waals surface area contributed by atoms with E-state index in [0.29, 0.717) is 5.92 Å². The topological polar surface area (TPSA) is 44.4 Å². The molecule has 2 unspecified atom stereocenters. The van der Waals surface area contributed by atoms with Crippen LogP contribution < -0.4 is 10.6 Å². The summed E-state index contributed by atoms with van der Waals surface area (Å²) < 4.78 is 2.41. The molecule has 0 saturated carbocycles. The van der Waals surface area contributed by atoms with Gasteiger partial charge in [-0.1, -0.05) is 46.8 Å². The van der Waals surface area contributed by atoms with E-state index >= 15 is 0 Å². The quantitative estimate of drug-likeness (QED) is 0.405. The fourth-order valence-corrected chi connectivity index (χ4v) is 4.59. The van der Waals surface area contributed by atoms with Crippen molar-refractivity contribution in [3.05, 3.63) is 0 Å². The summed E-state index contributed by atoms with van der Waals surface area (Å²) in [5.41, 5.74) is 1.56. The molecule has 1 rings (SSSR count). The molecule has 1 aliphatic rings. The van der Waals surface area contributed by atoms with Crippen molar-refractivity contribution in [2.75, 3.05) is 24.6 Å². The smallest absolute Gasteiger partial charge is 0.240 e. The molecule has 0 aliphatic carbocycles. The molecule has 0 aromatic rings. The lowest BCUT2D eigenvalue weighted by atomic mass is 10.0. The second-order valence-electron chi connectivity index (χ2n) is 4.81. The maximum atomic E-state index is 12.5. The van der Waals surface area contributed by atoms with E-state index in [2.05, 4.69) is 24.5 Å². The van der Waals surface area contributed by atoms with Crippen molar-refractivity contribution in [3.63, 3.8) is 0 Å². The molecule has 1 saturated heterocycles. The summed E-state index contributed by atoms with van der Waals surface area (Å²) in [5.74, 6) is 0.798. The second-order valence-corrected chi connectivity index (χ2v) is 8.64. The summed E-state index contributed by atoms with van der Waals surface area (Å²) in [6.45, 7) is 5.98. The van der Waals surface area contributed by atoms with Gasteiger partial charge in [0.1, 0.15) is 0 Å². The van der Waals surface area contributed by atoms with E-state index in [9.17, 15) is 4.79 Å². The molecule has 0 aromatic carbocycles. The van der Waals surface area contributed by atoms with Gasteiger partial charge in [0.25, 0.3) is 0 Å². The van der Waals surface area contributed by atoms with Crippen molar-refractivity contribution in [2.45, 2.75) is 32.7 Å². The zero-order chi connectivity index (χ0) is 14.3. The Balaban J connectivity index is 2.78. The van der Waals surface area contributed by atoms with Gasteiger partial charge in [0, 0.05) is 6.54 Å². The van der Waals surface area contributed by atoms with Crippen molar-refractivity contribution in [2.24, 2.45) is 5.92 Å². The molecule has 1 heterocycles. The predicted octanol–water partition coefficient (Wildman–Crippen LogP) is 1.50. The first-order chi connectivity index (χ1) is 9.12. The molecular weight excluding hydrogens is 373 g/mol. The molecule has 1 fully saturated rings. The SMILES string of the molecule is CCI=C(CN1CC(C)CCC(NC)C1=O)NC=S. The van der Waals surface area contributed by atoms with Crippen LogP contribution in [-0.2, 0) is 4.79 Å². The minimum absolute atomic E-state index is 0.0292. The van der Waals surface area contributed by atoms with Gasteiger partial charge in [-0.15, -0.1) is 0 Å². The van der Waals surface area contributed by atoms with Gasteiger partial charge in [0.05, 0.1) is 21.7 Å². The summed E-state index contributed by atoms with van der Waals surface area (Å²) in [6.07, 6.45) is 2.04. The molecule has 110 valence electrons. The van der Waals surface area contributed by atoms with E-state index < -0.39 is 0 Å². The van der Waals surface area contributed by atoms with Gasteiger partial charge in [-0.3, -0.25) is 4.79 Å². The van der Waals surface area contributed by atoms with Crippen LogP contribution in [-0.4, -0.2) is 50.5 Å². The number of halogens is 1. The van der Waals surface area contributed by atoms with E-state index in [1.807, 2.05) is 11.9 Å². The van der Waals surface area contributed by atoms with Crippen LogP contribution in [0.1, 0.15) is 26.7 Å². The van der Waals surface area contributed by atoms with E-state index in [1.165, 1.54) is 3.63 Å². The lowest BCUT2D eigenvalue weighted by molar-refractivity contribution is -0.132. The molecule has 19 heavy (non-hydrogen) atoms.